The molecule has 0 aromatic heterocycles. The van der Waals surface area contributed by atoms with Crippen molar-refractivity contribution in [3.63, 3.8) is 0 Å². The van der Waals surface area contributed by atoms with Crippen molar-refractivity contribution in [2.24, 2.45) is 0 Å². The molecule has 1 unspecified atom stereocenters. The molecule has 0 aromatic rings. The number of allylic oxidation sites excluding steroid dienone is 9. The van der Waals surface area contributed by atoms with Gasteiger partial charge in [0.25, 0.3) is 0 Å². The van der Waals surface area contributed by atoms with E-state index in [1.54, 1.807) is 0 Å². The lowest BCUT2D eigenvalue weighted by Gasteiger charge is -2.09. The van der Waals surface area contributed by atoms with Crippen LogP contribution in [0, 0.1) is 0 Å². The maximum absolute atomic E-state index is 12.0. The van der Waals surface area contributed by atoms with Gasteiger partial charge in [-0.15, -0.1) is 0 Å². The van der Waals surface area contributed by atoms with Crippen LogP contribution < -0.4 is 0 Å². The standard InChI is InChI=1S/C29H50O3S/c1-8-9-22-33(31,32)29(30)23-28(7)21-13-20-27(6)19-12-18-26(5)17-11-16-25(4)15-10-14-24(2)3/h14,16,18,20,23,29-30H,8-13,15,17,19,21-22H2,1-7H3/b25-16+,26-18+,27-20+,28-23+. The molecule has 0 heterocycles. The molecule has 0 aromatic carbocycles. The molecule has 0 rings (SSSR count). The van der Waals surface area contributed by atoms with E-state index in [1.165, 1.54) is 28.4 Å². The third-order valence-corrected chi connectivity index (χ3v) is 7.49. The van der Waals surface area contributed by atoms with E-state index in [-0.39, 0.29) is 5.75 Å². The van der Waals surface area contributed by atoms with Crippen molar-refractivity contribution in [3.05, 3.63) is 58.2 Å². The molecule has 0 amide bonds. The van der Waals surface area contributed by atoms with E-state index in [0.717, 1.165) is 63.4 Å². The minimum Gasteiger partial charge on any atom is -0.374 e. The Hall–Kier alpha value is -1.39. The van der Waals surface area contributed by atoms with Crippen LogP contribution in [0.3, 0.4) is 0 Å². The molecule has 0 aliphatic heterocycles. The second-order valence-electron chi connectivity index (χ2n) is 9.71. The maximum atomic E-state index is 12.0. The second kappa shape index (κ2) is 18.0. The Morgan fingerprint density at radius 3 is 1.48 bits per heavy atom. The number of aliphatic hydroxyl groups excluding tert-OH is 1. The van der Waals surface area contributed by atoms with E-state index >= 15 is 0 Å². The van der Waals surface area contributed by atoms with Crippen LogP contribution in [0.4, 0.5) is 0 Å². The average molecular weight is 479 g/mol. The van der Waals surface area contributed by atoms with Crippen molar-refractivity contribution < 1.29 is 13.5 Å². The molecule has 0 radical (unpaired) electrons. The quantitative estimate of drug-likeness (QED) is 0.214. The summed E-state index contributed by atoms with van der Waals surface area (Å²) in [6.45, 7) is 14.8. The fourth-order valence-corrected chi connectivity index (χ4v) is 4.80. The molecule has 0 bridgehead atoms. The predicted octanol–water partition coefficient (Wildman–Crippen LogP) is 8.39. The highest BCUT2D eigenvalue weighted by molar-refractivity contribution is 7.91. The van der Waals surface area contributed by atoms with E-state index in [2.05, 4.69) is 58.9 Å². The highest BCUT2D eigenvalue weighted by Gasteiger charge is 2.19. The molecule has 0 saturated carbocycles. The first-order valence-corrected chi connectivity index (χ1v) is 14.4. The van der Waals surface area contributed by atoms with Gasteiger partial charge in [-0.25, -0.2) is 8.42 Å². The molecular formula is C29H50O3S. The van der Waals surface area contributed by atoms with Crippen LogP contribution in [0.25, 0.3) is 0 Å². The van der Waals surface area contributed by atoms with Gasteiger partial charge in [0, 0.05) is 0 Å². The molecule has 0 spiro atoms. The van der Waals surface area contributed by atoms with Crippen LogP contribution in [0.1, 0.15) is 113 Å². The van der Waals surface area contributed by atoms with Crippen LogP contribution in [0.5, 0.6) is 0 Å². The maximum Gasteiger partial charge on any atom is 0.180 e. The fourth-order valence-electron chi connectivity index (χ4n) is 3.43. The number of rotatable bonds is 17. The molecule has 190 valence electrons. The van der Waals surface area contributed by atoms with Gasteiger partial charge in [-0.2, -0.15) is 0 Å². The van der Waals surface area contributed by atoms with E-state index in [4.69, 9.17) is 0 Å². The Morgan fingerprint density at radius 1 is 0.697 bits per heavy atom. The van der Waals surface area contributed by atoms with Crippen LogP contribution >= 0.6 is 0 Å². The number of unbranched alkanes of at least 4 members (excludes halogenated alkanes) is 1. The van der Waals surface area contributed by atoms with Crippen molar-refractivity contribution >= 4 is 9.84 Å². The van der Waals surface area contributed by atoms with Crippen LogP contribution in [-0.2, 0) is 9.84 Å². The van der Waals surface area contributed by atoms with E-state index < -0.39 is 15.3 Å². The van der Waals surface area contributed by atoms with Gasteiger partial charge in [-0.1, -0.05) is 65.5 Å². The number of aliphatic hydroxyl groups is 1. The molecule has 33 heavy (non-hydrogen) atoms. The first kappa shape index (κ1) is 31.6. The van der Waals surface area contributed by atoms with Gasteiger partial charge in [-0.05, 0) is 105 Å². The summed E-state index contributed by atoms with van der Waals surface area (Å²) in [4.78, 5) is 0. The topological polar surface area (TPSA) is 54.4 Å². The third-order valence-electron chi connectivity index (χ3n) is 5.76. The van der Waals surface area contributed by atoms with Crippen LogP contribution in [0.15, 0.2) is 58.2 Å². The third kappa shape index (κ3) is 17.7. The summed E-state index contributed by atoms with van der Waals surface area (Å²) in [6.07, 6.45) is 20.4. The van der Waals surface area contributed by atoms with E-state index in [0.29, 0.717) is 6.42 Å². The van der Waals surface area contributed by atoms with Crippen molar-refractivity contribution in [1.82, 2.24) is 0 Å². The smallest absolute Gasteiger partial charge is 0.180 e. The Balaban J connectivity index is 4.32. The summed E-state index contributed by atoms with van der Waals surface area (Å²) in [5.41, 5.74) is 5.23. The number of hydrogen-bond acceptors (Lipinski definition) is 3. The Morgan fingerprint density at radius 2 is 1.09 bits per heavy atom. The zero-order valence-electron chi connectivity index (χ0n) is 22.4. The lowest BCUT2D eigenvalue weighted by Crippen LogP contribution is -2.22. The van der Waals surface area contributed by atoms with Gasteiger partial charge in [0.15, 0.2) is 15.3 Å². The Kier molecular flexibility index (Phi) is 17.2. The van der Waals surface area contributed by atoms with Crippen molar-refractivity contribution in [2.75, 3.05) is 5.75 Å². The number of sulfone groups is 1. The molecule has 1 N–H and O–H groups in total. The Labute approximate surface area is 205 Å². The predicted molar refractivity (Wildman–Crippen MR) is 146 cm³/mol. The van der Waals surface area contributed by atoms with Gasteiger partial charge >= 0.3 is 0 Å². The summed E-state index contributed by atoms with van der Waals surface area (Å²) in [7, 11) is -3.45. The molecule has 0 aliphatic carbocycles. The largest absolute Gasteiger partial charge is 0.374 e. The van der Waals surface area contributed by atoms with Crippen LogP contribution in [0.2, 0.25) is 0 Å². The normalized spacial score (nSPS) is 15.0. The van der Waals surface area contributed by atoms with Gasteiger partial charge in [-0.3, -0.25) is 0 Å². The zero-order chi connectivity index (χ0) is 25.3. The number of hydrogen-bond donors (Lipinski definition) is 1. The molecular weight excluding hydrogens is 428 g/mol. The van der Waals surface area contributed by atoms with E-state index in [1.807, 2.05) is 13.8 Å². The van der Waals surface area contributed by atoms with Gasteiger partial charge in [0.1, 0.15) is 0 Å². The average Bonchev–Trinajstić information content (AvgIpc) is 2.72. The highest BCUT2D eigenvalue weighted by atomic mass is 32.2. The lowest BCUT2D eigenvalue weighted by molar-refractivity contribution is 0.292. The van der Waals surface area contributed by atoms with Gasteiger partial charge in [0.2, 0.25) is 0 Å². The monoisotopic (exact) mass is 478 g/mol. The minimum absolute atomic E-state index is 0.0482. The zero-order valence-corrected chi connectivity index (χ0v) is 23.2. The van der Waals surface area contributed by atoms with Crippen LogP contribution in [-0.4, -0.2) is 24.7 Å². The fraction of sp³-hybridized carbons (Fsp3) is 0.655. The summed E-state index contributed by atoms with van der Waals surface area (Å²) in [5.74, 6) is 0.0482. The highest BCUT2D eigenvalue weighted by Crippen LogP contribution is 2.16. The summed E-state index contributed by atoms with van der Waals surface area (Å²) in [5, 5.41) is 10.0. The first-order valence-electron chi connectivity index (χ1n) is 12.6. The molecule has 3 nitrogen and oxygen atoms in total. The summed E-state index contributed by atoms with van der Waals surface area (Å²) >= 11 is 0. The Bertz CT molecular complexity index is 804. The second-order valence-corrected chi connectivity index (χ2v) is 11.9. The molecule has 1 atom stereocenters. The SMILES string of the molecule is CCCCS(=O)(=O)C(O)/C=C(\C)CC/C=C(\C)CC/C=C(\C)CC/C=C(\C)CCC=C(C)C. The first-order chi connectivity index (χ1) is 15.5. The molecule has 0 saturated heterocycles. The molecule has 4 heteroatoms. The lowest BCUT2D eigenvalue weighted by atomic mass is 10.0. The van der Waals surface area contributed by atoms with Crippen molar-refractivity contribution in [2.45, 2.75) is 118 Å². The van der Waals surface area contributed by atoms with Gasteiger partial charge in [0.05, 0.1) is 5.75 Å². The minimum atomic E-state index is -3.45. The van der Waals surface area contributed by atoms with Crippen molar-refractivity contribution in [1.29, 1.82) is 0 Å². The van der Waals surface area contributed by atoms with Crippen molar-refractivity contribution in [3.8, 4) is 0 Å². The molecule has 0 aliphatic rings. The molecule has 0 fully saturated rings. The summed E-state index contributed by atoms with van der Waals surface area (Å²) in [6, 6.07) is 0. The summed E-state index contributed by atoms with van der Waals surface area (Å²) < 4.78 is 24.1. The van der Waals surface area contributed by atoms with E-state index in [9.17, 15) is 13.5 Å². The van der Waals surface area contributed by atoms with Gasteiger partial charge < -0.3 is 5.11 Å².